The molecule has 1 N–H and O–H groups in total. The van der Waals surface area contributed by atoms with Gasteiger partial charge in [0, 0.05) is 23.9 Å². The Balaban J connectivity index is 2.70. The van der Waals surface area contributed by atoms with Crippen LogP contribution in [0, 0.1) is 0 Å². The minimum Gasteiger partial charge on any atom is -0.461 e. The second kappa shape index (κ2) is 4.54. The fraction of sp³-hybridized carbons (Fsp3) is 0.923. The third-order valence-corrected chi connectivity index (χ3v) is 3.24. The number of hydrogen-bond donors (Lipinski definition) is 1. The Morgan fingerprint density at radius 1 is 1.24 bits per heavy atom. The number of esters is 1. The van der Waals surface area contributed by atoms with E-state index in [1.165, 1.54) is 0 Å². The first-order valence-corrected chi connectivity index (χ1v) is 6.90. The van der Waals surface area contributed by atoms with Crippen molar-refractivity contribution < 1.29 is 9.53 Å². The van der Waals surface area contributed by atoms with E-state index in [0.29, 0.717) is 0 Å². The normalized spacial score (nSPS) is 24.4. The zero-order valence-electron chi connectivity index (χ0n) is 11.7. The molecule has 1 saturated heterocycles. The SMILES string of the molecule is CC1(C)CC(OC(=O)C(C)(C)Br)CC(C)(C)N1. The van der Waals surface area contributed by atoms with Gasteiger partial charge in [-0.15, -0.1) is 0 Å². The van der Waals surface area contributed by atoms with Crippen molar-refractivity contribution in [3.63, 3.8) is 0 Å². The van der Waals surface area contributed by atoms with Crippen molar-refractivity contribution in [2.75, 3.05) is 0 Å². The summed E-state index contributed by atoms with van der Waals surface area (Å²) in [6.07, 6.45) is 1.70. The molecule has 0 atom stereocenters. The average molecular weight is 306 g/mol. The van der Waals surface area contributed by atoms with Crippen molar-refractivity contribution in [1.82, 2.24) is 5.32 Å². The monoisotopic (exact) mass is 305 g/mol. The summed E-state index contributed by atoms with van der Waals surface area (Å²) in [4.78, 5) is 11.9. The lowest BCUT2D eigenvalue weighted by atomic mass is 9.81. The van der Waals surface area contributed by atoms with Gasteiger partial charge in [0.25, 0.3) is 0 Å². The highest BCUT2D eigenvalue weighted by atomic mass is 79.9. The van der Waals surface area contributed by atoms with Gasteiger partial charge in [-0.1, -0.05) is 15.9 Å². The maximum atomic E-state index is 11.9. The number of carbonyl (C=O) groups is 1. The highest BCUT2D eigenvalue weighted by Gasteiger charge is 2.40. The van der Waals surface area contributed by atoms with Crippen molar-refractivity contribution >= 4 is 21.9 Å². The molecule has 0 aromatic heterocycles. The van der Waals surface area contributed by atoms with Crippen molar-refractivity contribution in [1.29, 1.82) is 0 Å². The highest BCUT2D eigenvalue weighted by molar-refractivity contribution is 9.10. The van der Waals surface area contributed by atoms with Crippen LogP contribution in [-0.4, -0.2) is 27.5 Å². The van der Waals surface area contributed by atoms with Crippen molar-refractivity contribution in [3.05, 3.63) is 0 Å². The third-order valence-electron chi connectivity index (χ3n) is 2.91. The Bertz CT molecular complexity index is 289. The van der Waals surface area contributed by atoms with E-state index in [1.807, 2.05) is 13.8 Å². The van der Waals surface area contributed by atoms with Crippen molar-refractivity contribution in [2.24, 2.45) is 0 Å². The average Bonchev–Trinajstić information content (AvgIpc) is 1.94. The zero-order chi connectivity index (χ0) is 13.5. The van der Waals surface area contributed by atoms with Gasteiger partial charge in [0.1, 0.15) is 10.4 Å². The van der Waals surface area contributed by atoms with E-state index in [2.05, 4.69) is 48.9 Å². The summed E-state index contributed by atoms with van der Waals surface area (Å²) < 4.78 is 5.00. The van der Waals surface area contributed by atoms with Crippen LogP contribution in [0.5, 0.6) is 0 Å². The van der Waals surface area contributed by atoms with Crippen LogP contribution in [0.4, 0.5) is 0 Å². The lowest BCUT2D eigenvalue weighted by Gasteiger charge is -2.46. The number of rotatable bonds is 2. The Morgan fingerprint density at radius 3 is 2.00 bits per heavy atom. The minimum atomic E-state index is -0.605. The molecule has 0 amide bonds. The van der Waals surface area contributed by atoms with Crippen molar-refractivity contribution in [3.8, 4) is 0 Å². The van der Waals surface area contributed by atoms with E-state index >= 15 is 0 Å². The number of nitrogens with one attached hydrogen (secondary N) is 1. The molecule has 1 fully saturated rings. The van der Waals surface area contributed by atoms with E-state index in [0.717, 1.165) is 12.8 Å². The number of piperidine rings is 1. The maximum absolute atomic E-state index is 11.9. The largest absolute Gasteiger partial charge is 0.461 e. The fourth-order valence-electron chi connectivity index (χ4n) is 2.60. The molecule has 1 aliphatic rings. The quantitative estimate of drug-likeness (QED) is 0.629. The first kappa shape index (κ1) is 15.0. The molecule has 0 aromatic carbocycles. The number of hydrogen-bond acceptors (Lipinski definition) is 3. The molecule has 0 radical (unpaired) electrons. The summed E-state index contributed by atoms with van der Waals surface area (Å²) in [5.41, 5.74) is 0.00625. The summed E-state index contributed by atoms with van der Waals surface area (Å²) in [6.45, 7) is 12.2. The van der Waals surface area contributed by atoms with Gasteiger partial charge in [-0.25, -0.2) is 0 Å². The molecule has 1 aliphatic heterocycles. The van der Waals surface area contributed by atoms with Gasteiger partial charge in [-0.05, 0) is 41.5 Å². The minimum absolute atomic E-state index is 0.00313. The van der Waals surface area contributed by atoms with Gasteiger partial charge in [0.2, 0.25) is 0 Å². The predicted octanol–water partition coefficient (Wildman–Crippen LogP) is 3.01. The molecule has 1 heterocycles. The molecular formula is C13H24BrNO2. The van der Waals surface area contributed by atoms with E-state index < -0.39 is 4.32 Å². The highest BCUT2D eigenvalue weighted by Crippen LogP contribution is 2.31. The Kier molecular flexibility index (Phi) is 4.00. The summed E-state index contributed by atoms with van der Waals surface area (Å²) in [7, 11) is 0. The van der Waals surface area contributed by atoms with Crippen LogP contribution >= 0.6 is 15.9 Å². The summed E-state index contributed by atoms with van der Waals surface area (Å²) in [5, 5.41) is 3.57. The fourth-order valence-corrected chi connectivity index (χ4v) is 2.70. The molecule has 0 unspecified atom stereocenters. The van der Waals surface area contributed by atoms with Crippen molar-refractivity contribution in [2.45, 2.75) is 75.9 Å². The Morgan fingerprint density at radius 2 is 1.65 bits per heavy atom. The van der Waals surface area contributed by atoms with Gasteiger partial charge in [-0.3, -0.25) is 4.79 Å². The lowest BCUT2D eigenvalue weighted by Crippen LogP contribution is -2.60. The summed E-state index contributed by atoms with van der Waals surface area (Å²) in [6, 6.07) is 0. The maximum Gasteiger partial charge on any atom is 0.322 e. The standard InChI is InChI=1S/C13H24BrNO2/c1-11(2)7-9(8-12(3,4)15-11)17-10(16)13(5,6)14/h9,15H,7-8H2,1-6H3. The zero-order valence-corrected chi connectivity index (χ0v) is 13.3. The number of halogens is 1. The molecule has 0 aromatic rings. The lowest BCUT2D eigenvalue weighted by molar-refractivity contribution is -0.154. The first-order valence-electron chi connectivity index (χ1n) is 6.11. The molecule has 100 valence electrons. The second-order valence-electron chi connectivity index (χ2n) is 6.80. The van der Waals surface area contributed by atoms with Crippen LogP contribution in [-0.2, 0) is 9.53 Å². The van der Waals surface area contributed by atoms with E-state index in [1.54, 1.807) is 0 Å². The van der Waals surface area contributed by atoms with Gasteiger partial charge in [0.15, 0.2) is 0 Å². The van der Waals surface area contributed by atoms with Crippen LogP contribution in [0.3, 0.4) is 0 Å². The number of ether oxygens (including phenoxy) is 1. The Labute approximate surface area is 113 Å². The van der Waals surface area contributed by atoms with Gasteiger partial charge >= 0.3 is 5.97 Å². The van der Waals surface area contributed by atoms with Crippen LogP contribution in [0.1, 0.15) is 54.4 Å². The van der Waals surface area contributed by atoms with Crippen LogP contribution in [0.15, 0.2) is 0 Å². The topological polar surface area (TPSA) is 38.3 Å². The molecule has 0 saturated carbocycles. The van der Waals surface area contributed by atoms with Gasteiger partial charge in [-0.2, -0.15) is 0 Å². The molecule has 17 heavy (non-hydrogen) atoms. The molecule has 4 heteroatoms. The second-order valence-corrected chi connectivity index (χ2v) is 8.78. The predicted molar refractivity (Wildman–Crippen MR) is 73.4 cm³/mol. The molecule has 0 spiro atoms. The summed E-state index contributed by atoms with van der Waals surface area (Å²) >= 11 is 3.34. The van der Waals surface area contributed by atoms with Crippen LogP contribution < -0.4 is 5.32 Å². The third kappa shape index (κ3) is 4.59. The van der Waals surface area contributed by atoms with Crippen LogP contribution in [0.25, 0.3) is 0 Å². The van der Waals surface area contributed by atoms with Gasteiger partial charge < -0.3 is 10.1 Å². The molecular weight excluding hydrogens is 282 g/mol. The molecule has 0 bridgehead atoms. The number of carbonyl (C=O) groups excluding carboxylic acids is 1. The van der Waals surface area contributed by atoms with Gasteiger partial charge in [0.05, 0.1) is 0 Å². The van der Waals surface area contributed by atoms with E-state index in [9.17, 15) is 4.79 Å². The van der Waals surface area contributed by atoms with E-state index in [4.69, 9.17) is 4.74 Å². The molecule has 1 rings (SSSR count). The molecule has 3 nitrogen and oxygen atoms in total. The number of alkyl halides is 1. The Hall–Kier alpha value is -0.0900. The van der Waals surface area contributed by atoms with Crippen LogP contribution in [0.2, 0.25) is 0 Å². The summed E-state index contributed by atoms with van der Waals surface area (Å²) in [5.74, 6) is -0.184. The first-order chi connectivity index (χ1) is 7.41. The van der Waals surface area contributed by atoms with E-state index in [-0.39, 0.29) is 23.2 Å². The smallest absolute Gasteiger partial charge is 0.322 e. The molecule has 0 aliphatic carbocycles.